The molecule has 7 heteroatoms. The second-order valence-electron chi connectivity index (χ2n) is 3.01. The SMILES string of the molecule is O=c1[nH]c2c([nH]c1=O)CC(=S(=O)=O)C=C2. The summed E-state index contributed by atoms with van der Waals surface area (Å²) < 4.78 is 21.3. The molecule has 0 atom stereocenters. The van der Waals surface area contributed by atoms with Crippen LogP contribution in [0.3, 0.4) is 0 Å². The van der Waals surface area contributed by atoms with Gasteiger partial charge in [-0.15, -0.1) is 0 Å². The van der Waals surface area contributed by atoms with Crippen LogP contribution in [0, 0.1) is 0 Å². The molecule has 0 radical (unpaired) electrons. The van der Waals surface area contributed by atoms with Gasteiger partial charge in [-0.3, -0.25) is 9.59 Å². The maximum absolute atomic E-state index is 11.0. The van der Waals surface area contributed by atoms with Crippen molar-refractivity contribution in [1.29, 1.82) is 0 Å². The monoisotopic (exact) mass is 226 g/mol. The zero-order valence-electron chi connectivity index (χ0n) is 7.40. The van der Waals surface area contributed by atoms with Gasteiger partial charge in [-0.2, -0.15) is 8.42 Å². The first-order valence-electron chi connectivity index (χ1n) is 4.06. The topological polar surface area (TPSA) is 99.9 Å². The summed E-state index contributed by atoms with van der Waals surface area (Å²) in [6.07, 6.45) is 2.93. The average Bonchev–Trinajstić information content (AvgIpc) is 2.19. The van der Waals surface area contributed by atoms with Crippen LogP contribution in [0.4, 0.5) is 0 Å². The molecule has 0 aliphatic heterocycles. The zero-order valence-corrected chi connectivity index (χ0v) is 8.22. The minimum Gasteiger partial charge on any atom is -0.319 e. The molecule has 1 aromatic rings. The van der Waals surface area contributed by atoms with E-state index in [1.807, 2.05) is 0 Å². The Hall–Kier alpha value is -1.89. The Morgan fingerprint density at radius 2 is 1.73 bits per heavy atom. The van der Waals surface area contributed by atoms with E-state index in [-0.39, 0.29) is 11.3 Å². The Kier molecular flexibility index (Phi) is 2.16. The van der Waals surface area contributed by atoms with Crippen molar-refractivity contribution in [1.82, 2.24) is 9.97 Å². The molecule has 15 heavy (non-hydrogen) atoms. The van der Waals surface area contributed by atoms with Crippen molar-refractivity contribution in [3.8, 4) is 0 Å². The van der Waals surface area contributed by atoms with E-state index in [2.05, 4.69) is 9.97 Å². The second kappa shape index (κ2) is 3.35. The van der Waals surface area contributed by atoms with Crippen LogP contribution in [0.2, 0.25) is 0 Å². The summed E-state index contributed by atoms with van der Waals surface area (Å²) in [7, 11) is -2.31. The van der Waals surface area contributed by atoms with Gasteiger partial charge in [0.2, 0.25) is 10.3 Å². The van der Waals surface area contributed by atoms with Gasteiger partial charge in [0.25, 0.3) is 0 Å². The normalized spacial score (nSPS) is 13.7. The zero-order chi connectivity index (χ0) is 11.0. The number of rotatable bonds is 0. The highest BCUT2D eigenvalue weighted by Crippen LogP contribution is 2.09. The van der Waals surface area contributed by atoms with Gasteiger partial charge in [-0.1, -0.05) is 0 Å². The van der Waals surface area contributed by atoms with Crippen LogP contribution in [-0.4, -0.2) is 23.3 Å². The number of fused-ring (bicyclic) bond motifs is 1. The molecule has 6 nitrogen and oxygen atoms in total. The molecule has 78 valence electrons. The molecule has 1 aliphatic carbocycles. The summed E-state index contributed by atoms with van der Waals surface area (Å²) in [4.78, 5) is 26.8. The van der Waals surface area contributed by atoms with Crippen LogP contribution in [0.15, 0.2) is 15.7 Å². The van der Waals surface area contributed by atoms with E-state index in [1.165, 1.54) is 12.2 Å². The third-order valence-corrected chi connectivity index (χ3v) is 2.75. The average molecular weight is 226 g/mol. The Bertz CT molecular complexity index is 682. The minimum atomic E-state index is -2.31. The van der Waals surface area contributed by atoms with Gasteiger partial charge >= 0.3 is 11.1 Å². The predicted octanol–water partition coefficient (Wildman–Crippen LogP) is -1.32. The summed E-state index contributed by atoms with van der Waals surface area (Å²) >= 11 is 0. The highest BCUT2D eigenvalue weighted by Gasteiger charge is 2.12. The van der Waals surface area contributed by atoms with E-state index in [0.717, 1.165) is 0 Å². The van der Waals surface area contributed by atoms with Crippen molar-refractivity contribution in [2.45, 2.75) is 6.42 Å². The van der Waals surface area contributed by atoms with Gasteiger partial charge < -0.3 is 9.97 Å². The van der Waals surface area contributed by atoms with Gasteiger partial charge in [-0.05, 0) is 12.2 Å². The lowest BCUT2D eigenvalue weighted by Gasteiger charge is -2.08. The second-order valence-corrected chi connectivity index (χ2v) is 4.01. The summed E-state index contributed by atoms with van der Waals surface area (Å²) in [6.45, 7) is 0. The number of H-pyrrole nitrogens is 2. The maximum Gasteiger partial charge on any atom is 0.314 e. The smallest absolute Gasteiger partial charge is 0.314 e. The van der Waals surface area contributed by atoms with E-state index >= 15 is 0 Å². The van der Waals surface area contributed by atoms with Crippen molar-refractivity contribution in [3.63, 3.8) is 0 Å². The lowest BCUT2D eigenvalue weighted by molar-refractivity contribution is 0.627. The number of allylic oxidation sites excluding steroid dienone is 1. The molecule has 2 rings (SSSR count). The standard InChI is InChI=1S/C8H6N2O4S/c11-7-8(12)10-6-3-4(15(13)14)1-2-5(6)9-7/h1-2H,3H2,(H,9,11)(H,10,12). The molecular weight excluding hydrogens is 220 g/mol. The molecule has 0 saturated carbocycles. The molecule has 1 aliphatic rings. The third-order valence-electron chi connectivity index (χ3n) is 2.04. The highest BCUT2D eigenvalue weighted by molar-refractivity contribution is 7.73. The fourth-order valence-corrected chi connectivity index (χ4v) is 1.76. The first-order chi connectivity index (χ1) is 7.08. The number of aromatic nitrogens is 2. The van der Waals surface area contributed by atoms with Gasteiger partial charge in [-0.25, -0.2) is 0 Å². The van der Waals surface area contributed by atoms with Gasteiger partial charge in [0.15, 0.2) is 0 Å². The number of hydrogen-bond acceptors (Lipinski definition) is 4. The summed E-state index contributed by atoms with van der Waals surface area (Å²) in [5.74, 6) is 0. The first kappa shape index (κ1) is 9.66. The van der Waals surface area contributed by atoms with E-state index in [1.54, 1.807) is 0 Å². The molecule has 0 aromatic carbocycles. The fourth-order valence-electron chi connectivity index (χ4n) is 1.32. The number of hydrogen-bond donors (Lipinski definition) is 2. The summed E-state index contributed by atoms with van der Waals surface area (Å²) in [5.41, 5.74) is -0.680. The van der Waals surface area contributed by atoms with Crippen LogP contribution in [0.5, 0.6) is 0 Å². The fraction of sp³-hybridized carbons (Fsp3) is 0.125. The molecule has 2 N–H and O–H groups in total. The van der Waals surface area contributed by atoms with Crippen LogP contribution in [0.1, 0.15) is 11.4 Å². The lowest BCUT2D eigenvalue weighted by atomic mass is 10.1. The molecule has 0 fully saturated rings. The predicted molar refractivity (Wildman–Crippen MR) is 54.3 cm³/mol. The Morgan fingerprint density at radius 1 is 1.07 bits per heavy atom. The van der Waals surface area contributed by atoms with Gasteiger partial charge in [0.1, 0.15) is 0 Å². The third kappa shape index (κ3) is 1.68. The molecule has 1 aromatic heterocycles. The van der Waals surface area contributed by atoms with E-state index in [4.69, 9.17) is 0 Å². The molecule has 1 heterocycles. The van der Waals surface area contributed by atoms with Crippen molar-refractivity contribution >= 4 is 21.2 Å². The number of nitrogens with one attached hydrogen (secondary N) is 2. The van der Waals surface area contributed by atoms with E-state index in [9.17, 15) is 18.0 Å². The first-order valence-corrected chi connectivity index (χ1v) is 5.14. The molecule has 0 saturated heterocycles. The van der Waals surface area contributed by atoms with Crippen LogP contribution < -0.4 is 11.1 Å². The minimum absolute atomic E-state index is 0.0912. The molecule has 0 amide bonds. The van der Waals surface area contributed by atoms with Crippen molar-refractivity contribution in [2.24, 2.45) is 0 Å². The largest absolute Gasteiger partial charge is 0.319 e. The van der Waals surface area contributed by atoms with Crippen LogP contribution in [0.25, 0.3) is 6.08 Å². The Balaban J connectivity index is 2.71. The van der Waals surface area contributed by atoms with Crippen LogP contribution in [-0.2, 0) is 16.7 Å². The van der Waals surface area contributed by atoms with Gasteiger partial charge in [0, 0.05) is 12.1 Å². The van der Waals surface area contributed by atoms with Crippen molar-refractivity contribution < 1.29 is 8.42 Å². The lowest BCUT2D eigenvalue weighted by Crippen LogP contribution is -2.32. The molecular formula is C8H6N2O4S. The number of aromatic amines is 2. The molecule has 0 spiro atoms. The summed E-state index contributed by atoms with van der Waals surface area (Å²) in [6, 6.07) is 0. The Morgan fingerprint density at radius 3 is 2.40 bits per heavy atom. The maximum atomic E-state index is 11.0. The van der Waals surface area contributed by atoms with Crippen molar-refractivity contribution in [2.75, 3.05) is 0 Å². The Labute approximate surface area is 84.8 Å². The van der Waals surface area contributed by atoms with E-state index in [0.29, 0.717) is 11.4 Å². The molecule has 0 unspecified atom stereocenters. The molecule has 0 bridgehead atoms. The summed E-state index contributed by atoms with van der Waals surface area (Å²) in [5, 5.41) is 0. The van der Waals surface area contributed by atoms with Gasteiger partial charge in [0.05, 0.1) is 10.6 Å². The quantitative estimate of drug-likeness (QED) is 0.423. The van der Waals surface area contributed by atoms with E-state index < -0.39 is 21.4 Å². The van der Waals surface area contributed by atoms with Crippen LogP contribution >= 0.6 is 0 Å². The highest BCUT2D eigenvalue weighted by atomic mass is 32.2. The van der Waals surface area contributed by atoms with Crippen molar-refractivity contribution in [3.05, 3.63) is 38.2 Å².